The highest BCUT2D eigenvalue weighted by atomic mass is 35.5. The summed E-state index contributed by atoms with van der Waals surface area (Å²) in [4.78, 5) is 11.9. The van der Waals surface area contributed by atoms with E-state index in [0.717, 1.165) is 25.9 Å². The van der Waals surface area contributed by atoms with Gasteiger partial charge in [0.05, 0.1) is 34.9 Å². The number of carbonyl (C=O) groups is 1. The minimum absolute atomic E-state index is 0.00771. The van der Waals surface area contributed by atoms with Gasteiger partial charge in [-0.2, -0.15) is 5.26 Å². The summed E-state index contributed by atoms with van der Waals surface area (Å²) in [5, 5.41) is 12.0. The van der Waals surface area contributed by atoms with Crippen LogP contribution in [0.2, 0.25) is 5.02 Å². The third-order valence-electron chi connectivity index (χ3n) is 3.06. The van der Waals surface area contributed by atoms with Crippen molar-refractivity contribution in [2.45, 2.75) is 31.8 Å². The number of amides is 1. The van der Waals surface area contributed by atoms with Crippen LogP contribution in [0.1, 0.15) is 31.2 Å². The molecule has 0 spiro atoms. The lowest BCUT2D eigenvalue weighted by molar-refractivity contribution is -0.119. The van der Waals surface area contributed by atoms with Gasteiger partial charge in [0.25, 0.3) is 0 Å². The minimum Gasteiger partial charge on any atom is -0.378 e. The molecule has 1 aromatic carbocycles. The highest BCUT2D eigenvalue weighted by molar-refractivity contribution is 6.33. The Morgan fingerprint density at radius 2 is 2.37 bits per heavy atom. The van der Waals surface area contributed by atoms with Gasteiger partial charge in [0.15, 0.2) is 0 Å². The van der Waals surface area contributed by atoms with E-state index in [1.165, 1.54) is 0 Å². The standard InChI is InChI=1S/C14H15ClN2O2/c15-12-5-4-10(9-16)7-13(12)17-14(18)8-11-3-1-2-6-19-11/h4-5,7,11H,1-3,6,8H2,(H,17,18). The smallest absolute Gasteiger partial charge is 0.227 e. The summed E-state index contributed by atoms with van der Waals surface area (Å²) in [5.74, 6) is -0.135. The topological polar surface area (TPSA) is 62.1 Å². The highest BCUT2D eigenvalue weighted by Crippen LogP contribution is 2.23. The summed E-state index contributed by atoms with van der Waals surface area (Å²) in [7, 11) is 0. The second-order valence-electron chi connectivity index (χ2n) is 4.55. The molecule has 1 atom stereocenters. The third-order valence-corrected chi connectivity index (χ3v) is 3.39. The van der Waals surface area contributed by atoms with Crippen molar-refractivity contribution in [3.8, 4) is 6.07 Å². The second-order valence-corrected chi connectivity index (χ2v) is 4.95. The van der Waals surface area contributed by atoms with Crippen molar-refractivity contribution < 1.29 is 9.53 Å². The van der Waals surface area contributed by atoms with Crippen molar-refractivity contribution in [1.29, 1.82) is 5.26 Å². The predicted octanol–water partition coefficient (Wildman–Crippen LogP) is 3.11. The molecule has 1 aromatic rings. The van der Waals surface area contributed by atoms with Crippen molar-refractivity contribution in [3.63, 3.8) is 0 Å². The van der Waals surface area contributed by atoms with E-state index in [0.29, 0.717) is 22.7 Å². The number of ether oxygens (including phenoxy) is 1. The largest absolute Gasteiger partial charge is 0.378 e. The fraction of sp³-hybridized carbons (Fsp3) is 0.429. The first kappa shape index (κ1) is 13.9. The summed E-state index contributed by atoms with van der Waals surface area (Å²) >= 11 is 5.98. The Kier molecular flexibility index (Phi) is 4.78. The Balaban J connectivity index is 1.96. The van der Waals surface area contributed by atoms with E-state index in [-0.39, 0.29) is 12.0 Å². The van der Waals surface area contributed by atoms with Gasteiger partial charge in [-0.1, -0.05) is 11.6 Å². The van der Waals surface area contributed by atoms with Crippen LogP contribution in [-0.2, 0) is 9.53 Å². The molecule has 1 fully saturated rings. The number of anilines is 1. The number of nitrogens with zero attached hydrogens (tertiary/aromatic N) is 1. The van der Waals surface area contributed by atoms with Crippen LogP contribution in [0.25, 0.3) is 0 Å². The van der Waals surface area contributed by atoms with Crippen molar-refractivity contribution >= 4 is 23.2 Å². The maximum atomic E-state index is 11.9. The summed E-state index contributed by atoms with van der Waals surface area (Å²) in [5.41, 5.74) is 0.940. The van der Waals surface area contributed by atoms with Gasteiger partial charge in [0.1, 0.15) is 0 Å². The first-order valence-corrected chi connectivity index (χ1v) is 6.68. The lowest BCUT2D eigenvalue weighted by atomic mass is 10.1. The van der Waals surface area contributed by atoms with Crippen molar-refractivity contribution in [2.75, 3.05) is 11.9 Å². The quantitative estimate of drug-likeness (QED) is 0.924. The lowest BCUT2D eigenvalue weighted by Crippen LogP contribution is -2.25. The molecule has 1 aliphatic rings. The second kappa shape index (κ2) is 6.55. The molecule has 1 heterocycles. The normalized spacial score (nSPS) is 18.6. The molecule has 0 bridgehead atoms. The van der Waals surface area contributed by atoms with Gasteiger partial charge in [-0.25, -0.2) is 0 Å². The molecule has 0 aromatic heterocycles. The number of hydrogen-bond donors (Lipinski definition) is 1. The van der Waals surface area contributed by atoms with Crippen LogP contribution in [0.3, 0.4) is 0 Å². The number of rotatable bonds is 3. The minimum atomic E-state index is -0.135. The third kappa shape index (κ3) is 3.95. The van der Waals surface area contributed by atoms with E-state index in [1.54, 1.807) is 18.2 Å². The van der Waals surface area contributed by atoms with E-state index in [2.05, 4.69) is 5.32 Å². The number of nitriles is 1. The molecule has 19 heavy (non-hydrogen) atoms. The Hall–Kier alpha value is -1.57. The van der Waals surface area contributed by atoms with Gasteiger partial charge < -0.3 is 10.1 Å². The molecule has 1 N–H and O–H groups in total. The zero-order valence-electron chi connectivity index (χ0n) is 10.5. The first-order valence-electron chi connectivity index (χ1n) is 6.30. The first-order chi connectivity index (χ1) is 9.19. The predicted molar refractivity (Wildman–Crippen MR) is 73.0 cm³/mol. The maximum absolute atomic E-state index is 11.9. The Bertz CT molecular complexity index is 505. The molecule has 5 heteroatoms. The summed E-state index contributed by atoms with van der Waals surface area (Å²) < 4.78 is 5.52. The van der Waals surface area contributed by atoms with Crippen LogP contribution in [0.15, 0.2) is 18.2 Å². The number of nitrogens with one attached hydrogen (secondary N) is 1. The molecule has 2 rings (SSSR count). The van der Waals surface area contributed by atoms with Crippen LogP contribution in [0.5, 0.6) is 0 Å². The van der Waals surface area contributed by atoms with E-state index in [1.807, 2.05) is 6.07 Å². The van der Waals surface area contributed by atoms with Gasteiger partial charge in [-0.05, 0) is 37.5 Å². The molecule has 1 aliphatic heterocycles. The van der Waals surface area contributed by atoms with Gasteiger partial charge in [0.2, 0.25) is 5.91 Å². The van der Waals surface area contributed by atoms with Gasteiger partial charge in [-0.15, -0.1) is 0 Å². The molecule has 0 radical (unpaired) electrons. The van der Waals surface area contributed by atoms with Crippen LogP contribution in [-0.4, -0.2) is 18.6 Å². The SMILES string of the molecule is N#Cc1ccc(Cl)c(NC(=O)CC2CCCCO2)c1. The fourth-order valence-electron chi connectivity index (χ4n) is 2.07. The monoisotopic (exact) mass is 278 g/mol. The van der Waals surface area contributed by atoms with Crippen molar-refractivity contribution in [1.82, 2.24) is 0 Å². The maximum Gasteiger partial charge on any atom is 0.227 e. The molecular formula is C14H15ClN2O2. The highest BCUT2D eigenvalue weighted by Gasteiger charge is 2.18. The van der Waals surface area contributed by atoms with Crippen LogP contribution >= 0.6 is 11.6 Å². The van der Waals surface area contributed by atoms with Gasteiger partial charge in [-0.3, -0.25) is 4.79 Å². The van der Waals surface area contributed by atoms with Crippen LogP contribution in [0.4, 0.5) is 5.69 Å². The van der Waals surface area contributed by atoms with E-state index in [9.17, 15) is 4.79 Å². The molecule has 4 nitrogen and oxygen atoms in total. The molecular weight excluding hydrogens is 264 g/mol. The van der Waals surface area contributed by atoms with E-state index < -0.39 is 0 Å². The Labute approximate surface area is 117 Å². The molecule has 0 aliphatic carbocycles. The Morgan fingerprint density at radius 1 is 1.53 bits per heavy atom. The van der Waals surface area contributed by atoms with Crippen LogP contribution in [0, 0.1) is 11.3 Å². The van der Waals surface area contributed by atoms with Crippen molar-refractivity contribution in [2.24, 2.45) is 0 Å². The van der Waals surface area contributed by atoms with Gasteiger partial charge in [0, 0.05) is 6.61 Å². The average molecular weight is 279 g/mol. The van der Waals surface area contributed by atoms with Gasteiger partial charge >= 0.3 is 0 Å². The molecule has 100 valence electrons. The molecule has 1 saturated heterocycles. The van der Waals surface area contributed by atoms with E-state index >= 15 is 0 Å². The number of hydrogen-bond acceptors (Lipinski definition) is 3. The van der Waals surface area contributed by atoms with Crippen molar-refractivity contribution in [3.05, 3.63) is 28.8 Å². The molecule has 1 amide bonds. The zero-order valence-corrected chi connectivity index (χ0v) is 11.2. The number of carbonyl (C=O) groups excluding carboxylic acids is 1. The number of halogens is 1. The Morgan fingerprint density at radius 3 is 3.05 bits per heavy atom. The van der Waals surface area contributed by atoms with Crippen LogP contribution < -0.4 is 5.32 Å². The summed E-state index contributed by atoms with van der Waals surface area (Å²) in [6, 6.07) is 6.80. The summed E-state index contributed by atoms with van der Waals surface area (Å²) in [6.45, 7) is 0.725. The zero-order chi connectivity index (χ0) is 13.7. The number of benzene rings is 1. The molecule has 0 saturated carbocycles. The average Bonchev–Trinajstić information content (AvgIpc) is 2.42. The molecule has 1 unspecified atom stereocenters. The fourth-order valence-corrected chi connectivity index (χ4v) is 2.23. The van der Waals surface area contributed by atoms with E-state index in [4.69, 9.17) is 21.6 Å². The lowest BCUT2D eigenvalue weighted by Gasteiger charge is -2.22. The summed E-state index contributed by atoms with van der Waals surface area (Å²) in [6.07, 6.45) is 3.40.